The molecule has 4 rings (SSSR count). The third-order valence-electron chi connectivity index (χ3n) is 5.43. The Balaban J connectivity index is 1.55. The SMILES string of the molecule is COc1ccc(NC(=O)CN2CCc3sccc3C2c2cccs2)cc1S(=O)(=O)N(C)C. The van der Waals surface area contributed by atoms with E-state index >= 15 is 0 Å². The van der Waals surface area contributed by atoms with E-state index in [-0.39, 0.29) is 29.1 Å². The summed E-state index contributed by atoms with van der Waals surface area (Å²) in [5.41, 5.74) is 1.68. The molecule has 7 nitrogen and oxygen atoms in total. The summed E-state index contributed by atoms with van der Waals surface area (Å²) >= 11 is 3.45. The van der Waals surface area contributed by atoms with Crippen molar-refractivity contribution in [2.45, 2.75) is 17.4 Å². The Morgan fingerprint density at radius 3 is 2.72 bits per heavy atom. The van der Waals surface area contributed by atoms with Crippen LogP contribution in [0.5, 0.6) is 5.75 Å². The van der Waals surface area contributed by atoms with Gasteiger partial charge in [-0.1, -0.05) is 6.07 Å². The highest BCUT2D eigenvalue weighted by Crippen LogP contribution is 2.39. The number of ether oxygens (including phenoxy) is 1. The Morgan fingerprint density at radius 2 is 2.03 bits per heavy atom. The Bertz CT molecular complexity index is 1200. The van der Waals surface area contributed by atoms with Crippen LogP contribution in [0.1, 0.15) is 21.4 Å². The van der Waals surface area contributed by atoms with Gasteiger partial charge in [0.2, 0.25) is 15.9 Å². The van der Waals surface area contributed by atoms with Gasteiger partial charge in [0, 0.05) is 36.1 Å². The number of sulfonamides is 1. The van der Waals surface area contributed by atoms with Gasteiger partial charge in [-0.3, -0.25) is 9.69 Å². The number of nitrogens with one attached hydrogen (secondary N) is 1. The second-order valence-corrected chi connectivity index (χ2v) is 11.7. The minimum atomic E-state index is -3.72. The van der Waals surface area contributed by atoms with Crippen molar-refractivity contribution < 1.29 is 17.9 Å². The number of methoxy groups -OCH3 is 1. The van der Waals surface area contributed by atoms with Crippen molar-refractivity contribution >= 4 is 44.3 Å². The lowest BCUT2D eigenvalue weighted by Gasteiger charge is -2.34. The third-order valence-corrected chi connectivity index (χ3v) is 9.19. The number of carbonyl (C=O) groups is 1. The Kier molecular flexibility index (Phi) is 6.68. The lowest BCUT2D eigenvalue weighted by molar-refractivity contribution is -0.117. The molecule has 1 amide bonds. The van der Waals surface area contributed by atoms with Crippen LogP contribution in [0.3, 0.4) is 0 Å². The molecule has 3 heterocycles. The van der Waals surface area contributed by atoms with E-state index < -0.39 is 10.0 Å². The van der Waals surface area contributed by atoms with E-state index in [1.807, 2.05) is 6.07 Å². The summed E-state index contributed by atoms with van der Waals surface area (Å²) in [6.45, 7) is 0.992. The van der Waals surface area contributed by atoms with Gasteiger partial charge in [0.15, 0.2) is 0 Å². The van der Waals surface area contributed by atoms with Crippen molar-refractivity contribution in [3.05, 3.63) is 62.5 Å². The lowest BCUT2D eigenvalue weighted by Crippen LogP contribution is -2.40. The van der Waals surface area contributed by atoms with E-state index in [9.17, 15) is 13.2 Å². The number of nitrogens with zero attached hydrogens (tertiary/aromatic N) is 2. The van der Waals surface area contributed by atoms with Gasteiger partial charge in [-0.25, -0.2) is 12.7 Å². The minimum absolute atomic E-state index is 0.0140. The van der Waals surface area contributed by atoms with Crippen LogP contribution in [0, 0.1) is 0 Å². The van der Waals surface area contributed by atoms with E-state index in [1.54, 1.807) is 34.8 Å². The maximum Gasteiger partial charge on any atom is 0.246 e. The largest absolute Gasteiger partial charge is 0.495 e. The molecule has 0 radical (unpaired) electrons. The van der Waals surface area contributed by atoms with E-state index in [0.717, 1.165) is 17.3 Å². The number of rotatable bonds is 7. The number of hydrogen-bond donors (Lipinski definition) is 1. The molecule has 0 fully saturated rings. The summed E-state index contributed by atoms with van der Waals surface area (Å²) in [5.74, 6) is 0.0408. The predicted octanol–water partition coefficient (Wildman–Crippen LogP) is 3.65. The molecule has 1 N–H and O–H groups in total. The summed E-state index contributed by atoms with van der Waals surface area (Å²) in [4.78, 5) is 17.7. The van der Waals surface area contributed by atoms with Crippen molar-refractivity contribution in [1.82, 2.24) is 9.21 Å². The molecule has 2 aromatic heterocycles. The summed E-state index contributed by atoms with van der Waals surface area (Å²) < 4.78 is 31.7. The molecular formula is C22H25N3O4S3. The van der Waals surface area contributed by atoms with E-state index in [1.165, 1.54) is 42.6 Å². The first-order valence-corrected chi connectivity index (χ1v) is 13.3. The number of fused-ring (bicyclic) bond motifs is 1. The van der Waals surface area contributed by atoms with Crippen LogP contribution in [0.15, 0.2) is 52.1 Å². The monoisotopic (exact) mass is 491 g/mol. The van der Waals surface area contributed by atoms with Crippen LogP contribution < -0.4 is 10.1 Å². The average Bonchev–Trinajstić information content (AvgIpc) is 3.45. The first-order valence-electron chi connectivity index (χ1n) is 10.1. The van der Waals surface area contributed by atoms with Crippen LogP contribution in [0.25, 0.3) is 0 Å². The quantitative estimate of drug-likeness (QED) is 0.546. The zero-order valence-electron chi connectivity index (χ0n) is 18.1. The van der Waals surface area contributed by atoms with Crippen LogP contribution >= 0.6 is 22.7 Å². The molecular weight excluding hydrogens is 466 g/mol. The van der Waals surface area contributed by atoms with Crippen LogP contribution in [0.4, 0.5) is 5.69 Å². The highest BCUT2D eigenvalue weighted by molar-refractivity contribution is 7.89. The molecule has 0 saturated carbocycles. The molecule has 1 aliphatic heterocycles. The molecule has 3 aromatic rings. The predicted molar refractivity (Wildman–Crippen MR) is 128 cm³/mol. The van der Waals surface area contributed by atoms with Crippen molar-refractivity contribution in [2.75, 3.05) is 39.6 Å². The van der Waals surface area contributed by atoms with Gasteiger partial charge in [0.25, 0.3) is 0 Å². The molecule has 1 atom stereocenters. The van der Waals surface area contributed by atoms with Gasteiger partial charge >= 0.3 is 0 Å². The maximum absolute atomic E-state index is 13.0. The van der Waals surface area contributed by atoms with Gasteiger partial charge in [0.1, 0.15) is 10.6 Å². The smallest absolute Gasteiger partial charge is 0.246 e. The second-order valence-electron chi connectivity index (χ2n) is 7.64. The summed E-state index contributed by atoms with van der Waals surface area (Å²) in [7, 11) is 0.614. The van der Waals surface area contributed by atoms with Gasteiger partial charge in [-0.15, -0.1) is 22.7 Å². The number of hydrogen-bond acceptors (Lipinski definition) is 7. The van der Waals surface area contributed by atoms with Crippen LogP contribution in [0.2, 0.25) is 0 Å². The number of anilines is 1. The molecule has 1 aliphatic rings. The number of amides is 1. The summed E-state index contributed by atoms with van der Waals surface area (Å²) in [6, 6.07) is 11.0. The second kappa shape index (κ2) is 9.32. The molecule has 0 bridgehead atoms. The molecule has 0 aliphatic carbocycles. The zero-order chi connectivity index (χ0) is 22.9. The Morgan fingerprint density at radius 1 is 1.22 bits per heavy atom. The van der Waals surface area contributed by atoms with Crippen LogP contribution in [-0.2, 0) is 21.2 Å². The van der Waals surface area contributed by atoms with Gasteiger partial charge < -0.3 is 10.1 Å². The van der Waals surface area contributed by atoms with Crippen molar-refractivity contribution in [2.24, 2.45) is 0 Å². The fraction of sp³-hybridized carbons (Fsp3) is 0.318. The number of benzene rings is 1. The molecule has 32 heavy (non-hydrogen) atoms. The van der Waals surface area contributed by atoms with Crippen molar-refractivity contribution in [1.29, 1.82) is 0 Å². The fourth-order valence-corrected chi connectivity index (χ4v) is 6.71. The van der Waals surface area contributed by atoms with Gasteiger partial charge in [-0.2, -0.15) is 0 Å². The number of carbonyl (C=O) groups excluding carboxylic acids is 1. The van der Waals surface area contributed by atoms with Crippen molar-refractivity contribution in [3.63, 3.8) is 0 Å². The van der Waals surface area contributed by atoms with Crippen molar-refractivity contribution in [3.8, 4) is 5.75 Å². The molecule has 1 aromatic carbocycles. The van der Waals surface area contributed by atoms with Gasteiger partial charge in [0.05, 0.1) is 19.7 Å². The minimum Gasteiger partial charge on any atom is -0.495 e. The molecule has 1 unspecified atom stereocenters. The standard InChI is InChI=1S/C22H25N3O4S3/c1-24(2)32(27,28)20-13-15(6-7-17(20)29-3)23-21(26)14-25-10-8-18-16(9-12-31-18)22(25)19-5-4-11-30-19/h4-7,9,11-13,22H,8,10,14H2,1-3H3,(H,23,26). The highest BCUT2D eigenvalue weighted by Gasteiger charge is 2.31. The third kappa shape index (κ3) is 4.46. The molecule has 0 spiro atoms. The van der Waals surface area contributed by atoms with Gasteiger partial charge in [-0.05, 0) is 53.1 Å². The Labute approximate surface area is 196 Å². The highest BCUT2D eigenvalue weighted by atomic mass is 32.2. The molecule has 0 saturated heterocycles. The lowest BCUT2D eigenvalue weighted by atomic mass is 9.98. The molecule has 10 heteroatoms. The maximum atomic E-state index is 13.0. The summed E-state index contributed by atoms with van der Waals surface area (Å²) in [5, 5.41) is 7.03. The van der Waals surface area contributed by atoms with Crippen LogP contribution in [-0.4, -0.2) is 57.8 Å². The number of thiophene rings is 2. The first-order chi connectivity index (χ1) is 15.3. The first kappa shape index (κ1) is 22.9. The van der Waals surface area contributed by atoms with E-state index in [0.29, 0.717) is 5.69 Å². The zero-order valence-corrected chi connectivity index (χ0v) is 20.5. The average molecular weight is 492 g/mol. The van der Waals surface area contributed by atoms with E-state index in [2.05, 4.69) is 33.1 Å². The fourth-order valence-electron chi connectivity index (χ4n) is 3.86. The summed E-state index contributed by atoms with van der Waals surface area (Å²) in [6.07, 6.45) is 0.913. The Hall–Kier alpha value is -2.24. The topological polar surface area (TPSA) is 79.0 Å². The van der Waals surface area contributed by atoms with E-state index in [4.69, 9.17) is 4.74 Å². The molecule has 170 valence electrons. The normalized spacial score (nSPS) is 16.7.